The predicted molar refractivity (Wildman–Crippen MR) is 135 cm³/mol. The Bertz CT molecular complexity index is 1360. The fraction of sp³-hybridized carbons (Fsp3) is 0.379. The Hall–Kier alpha value is -3.94. The minimum absolute atomic E-state index is 0.109. The van der Waals surface area contributed by atoms with Crippen molar-refractivity contribution in [1.29, 1.82) is 0 Å². The van der Waals surface area contributed by atoms with E-state index in [9.17, 15) is 9.59 Å². The van der Waals surface area contributed by atoms with Crippen molar-refractivity contribution in [2.24, 2.45) is 0 Å². The van der Waals surface area contributed by atoms with E-state index in [0.717, 1.165) is 55.0 Å². The molecule has 8 heteroatoms. The highest BCUT2D eigenvalue weighted by atomic mass is 16.6. The van der Waals surface area contributed by atoms with Gasteiger partial charge in [0.2, 0.25) is 5.91 Å². The first-order valence-corrected chi connectivity index (χ1v) is 13.0. The van der Waals surface area contributed by atoms with Crippen molar-refractivity contribution in [2.75, 3.05) is 31.1 Å². The summed E-state index contributed by atoms with van der Waals surface area (Å²) in [6.07, 6.45) is 8.64. The maximum atomic E-state index is 13.7. The van der Waals surface area contributed by atoms with E-state index in [-0.39, 0.29) is 18.0 Å². The summed E-state index contributed by atoms with van der Waals surface area (Å²) in [7, 11) is 0. The molecule has 0 radical (unpaired) electrons. The van der Waals surface area contributed by atoms with Crippen LogP contribution in [0.5, 0.6) is 5.75 Å². The number of esters is 1. The van der Waals surface area contributed by atoms with E-state index >= 15 is 0 Å². The van der Waals surface area contributed by atoms with Gasteiger partial charge >= 0.3 is 5.97 Å². The molecule has 5 heterocycles. The molecule has 37 heavy (non-hydrogen) atoms. The molecule has 2 saturated heterocycles. The monoisotopic (exact) mass is 496 g/mol. The Kier molecular flexibility index (Phi) is 4.99. The molecule has 3 aliphatic heterocycles. The number of nitrogens with zero attached hydrogens (tertiary/aromatic N) is 4. The van der Waals surface area contributed by atoms with Gasteiger partial charge in [-0.05, 0) is 42.7 Å². The van der Waals surface area contributed by atoms with Crippen LogP contribution in [0.2, 0.25) is 0 Å². The Labute approximate surface area is 215 Å². The third-order valence-electron chi connectivity index (χ3n) is 8.33. The van der Waals surface area contributed by atoms with E-state index in [1.54, 1.807) is 18.5 Å². The number of hydrogen-bond acceptors (Lipinski definition) is 7. The van der Waals surface area contributed by atoms with Crippen LogP contribution < -0.4 is 9.64 Å². The minimum Gasteiger partial charge on any atom is -0.488 e. The minimum atomic E-state index is -0.716. The lowest BCUT2D eigenvalue weighted by atomic mass is 9.91. The number of carbonyl (C=O) groups excluding carboxylic acids is 2. The van der Waals surface area contributed by atoms with Crippen molar-refractivity contribution in [3.63, 3.8) is 0 Å². The summed E-state index contributed by atoms with van der Waals surface area (Å²) in [5, 5.41) is 0. The average Bonchev–Trinajstić information content (AvgIpc) is 3.29. The molecule has 1 spiro atoms. The van der Waals surface area contributed by atoms with Crippen LogP contribution in [0, 0.1) is 0 Å². The average molecular weight is 497 g/mol. The van der Waals surface area contributed by atoms with Crippen molar-refractivity contribution in [2.45, 2.75) is 42.8 Å². The van der Waals surface area contributed by atoms with Crippen molar-refractivity contribution in [3.8, 4) is 5.75 Å². The number of likely N-dealkylation sites (tertiary alicyclic amines) is 1. The molecule has 2 unspecified atom stereocenters. The summed E-state index contributed by atoms with van der Waals surface area (Å²) in [5.41, 5.74) is 1.26. The van der Waals surface area contributed by atoms with E-state index in [1.807, 2.05) is 47.5 Å². The summed E-state index contributed by atoms with van der Waals surface area (Å²) >= 11 is 0. The molecular weight excluding hydrogens is 468 g/mol. The molecule has 1 aromatic carbocycles. The highest BCUT2D eigenvalue weighted by Gasteiger charge is 2.57. The lowest BCUT2D eigenvalue weighted by Gasteiger charge is -2.27. The van der Waals surface area contributed by atoms with Crippen molar-refractivity contribution < 1.29 is 19.1 Å². The molecule has 8 nitrogen and oxygen atoms in total. The summed E-state index contributed by atoms with van der Waals surface area (Å²) in [6, 6.07) is 15.4. The van der Waals surface area contributed by atoms with Gasteiger partial charge in [-0.2, -0.15) is 0 Å². The van der Waals surface area contributed by atoms with Gasteiger partial charge in [-0.15, -0.1) is 0 Å². The van der Waals surface area contributed by atoms with Gasteiger partial charge in [-0.3, -0.25) is 9.78 Å². The molecule has 0 bridgehead atoms. The molecule has 2 aromatic heterocycles. The SMILES string of the molecule is O=C1OC2(CCN(C(=O)C3(c4ccc(N5CCC(Oc6ccncc6)C5)nc4)CC3)C2)c2ccccc21. The first kappa shape index (κ1) is 22.3. The van der Waals surface area contributed by atoms with Crippen LogP contribution in [0.4, 0.5) is 5.82 Å². The summed E-state index contributed by atoms with van der Waals surface area (Å²) < 4.78 is 11.9. The number of amides is 1. The second kappa shape index (κ2) is 8.30. The maximum absolute atomic E-state index is 13.7. The van der Waals surface area contributed by atoms with E-state index in [2.05, 4.69) is 16.0 Å². The predicted octanol–water partition coefficient (Wildman–Crippen LogP) is 3.46. The standard InChI is InChI=1S/C29H28N4O4/c34-26-23-3-1-2-4-24(23)29(37-26)12-16-33(19-29)27(35)28(10-11-28)20-5-6-25(31-17-20)32-15-9-22(18-32)36-21-7-13-30-14-8-21/h1-8,13-14,17,22H,9-12,15-16,18-19H2. The molecule has 1 amide bonds. The largest absolute Gasteiger partial charge is 0.488 e. The zero-order valence-electron chi connectivity index (χ0n) is 20.5. The van der Waals surface area contributed by atoms with E-state index in [1.165, 1.54) is 0 Å². The molecule has 3 fully saturated rings. The van der Waals surface area contributed by atoms with Crippen molar-refractivity contribution >= 4 is 17.7 Å². The fourth-order valence-electron chi connectivity index (χ4n) is 6.16. The second-order valence-corrected chi connectivity index (χ2v) is 10.6. The van der Waals surface area contributed by atoms with Gasteiger partial charge in [0.05, 0.1) is 24.1 Å². The lowest BCUT2D eigenvalue weighted by molar-refractivity contribution is -0.134. The molecule has 1 saturated carbocycles. The zero-order chi connectivity index (χ0) is 25.0. The van der Waals surface area contributed by atoms with E-state index < -0.39 is 11.0 Å². The fourth-order valence-corrected chi connectivity index (χ4v) is 6.16. The van der Waals surface area contributed by atoms with Gasteiger partial charge in [0.25, 0.3) is 0 Å². The van der Waals surface area contributed by atoms with Crippen LogP contribution in [-0.4, -0.2) is 59.0 Å². The number of hydrogen-bond donors (Lipinski definition) is 0. The van der Waals surface area contributed by atoms with Crippen LogP contribution in [-0.2, 0) is 20.5 Å². The Morgan fingerprint density at radius 3 is 2.65 bits per heavy atom. The number of aromatic nitrogens is 2. The third kappa shape index (κ3) is 3.65. The van der Waals surface area contributed by atoms with Crippen molar-refractivity contribution in [1.82, 2.24) is 14.9 Å². The second-order valence-electron chi connectivity index (χ2n) is 10.6. The van der Waals surface area contributed by atoms with Crippen LogP contribution in [0.25, 0.3) is 0 Å². The number of fused-ring (bicyclic) bond motifs is 2. The normalized spacial score (nSPS) is 25.3. The molecule has 4 aliphatic rings. The number of pyridine rings is 2. The van der Waals surface area contributed by atoms with Crippen LogP contribution in [0.15, 0.2) is 67.1 Å². The summed E-state index contributed by atoms with van der Waals surface area (Å²) in [6.45, 7) is 2.64. The number of benzene rings is 1. The van der Waals surface area contributed by atoms with Gasteiger partial charge in [0.15, 0.2) is 5.60 Å². The molecular formula is C29H28N4O4. The molecule has 0 N–H and O–H groups in total. The van der Waals surface area contributed by atoms with E-state index in [4.69, 9.17) is 14.5 Å². The van der Waals surface area contributed by atoms with Gasteiger partial charge in [-0.1, -0.05) is 24.3 Å². The van der Waals surface area contributed by atoms with E-state index in [0.29, 0.717) is 25.1 Å². The smallest absolute Gasteiger partial charge is 0.339 e. The number of carbonyl (C=O) groups is 2. The topological polar surface area (TPSA) is 84.9 Å². The number of ether oxygens (including phenoxy) is 2. The molecule has 2 atom stereocenters. The van der Waals surface area contributed by atoms with Gasteiger partial charge in [0.1, 0.15) is 17.7 Å². The lowest BCUT2D eigenvalue weighted by Crippen LogP contribution is -2.40. The molecule has 7 rings (SSSR count). The van der Waals surface area contributed by atoms with Crippen LogP contribution in [0.1, 0.15) is 47.2 Å². The van der Waals surface area contributed by atoms with Crippen LogP contribution in [0.3, 0.4) is 0 Å². The highest BCUT2D eigenvalue weighted by Crippen LogP contribution is 2.52. The van der Waals surface area contributed by atoms with Gasteiger partial charge < -0.3 is 19.3 Å². The summed E-state index contributed by atoms with van der Waals surface area (Å²) in [4.78, 5) is 39.1. The Balaban J connectivity index is 1.03. The van der Waals surface area contributed by atoms with Gasteiger partial charge in [-0.25, -0.2) is 9.78 Å². The maximum Gasteiger partial charge on any atom is 0.339 e. The first-order valence-electron chi connectivity index (χ1n) is 13.0. The molecule has 1 aliphatic carbocycles. The first-order chi connectivity index (χ1) is 18.1. The van der Waals surface area contributed by atoms with Crippen LogP contribution >= 0.6 is 0 Å². The quantitative estimate of drug-likeness (QED) is 0.500. The Morgan fingerprint density at radius 1 is 1.03 bits per heavy atom. The highest BCUT2D eigenvalue weighted by molar-refractivity contribution is 5.96. The van der Waals surface area contributed by atoms with Gasteiger partial charge in [0, 0.05) is 50.1 Å². The summed E-state index contributed by atoms with van der Waals surface area (Å²) in [5.74, 6) is 1.56. The molecule has 188 valence electrons. The Morgan fingerprint density at radius 2 is 1.86 bits per heavy atom. The number of anilines is 1. The zero-order valence-corrected chi connectivity index (χ0v) is 20.5. The van der Waals surface area contributed by atoms with Crippen molar-refractivity contribution in [3.05, 3.63) is 83.8 Å². The number of rotatable bonds is 5. The third-order valence-corrected chi connectivity index (χ3v) is 8.33. The molecule has 3 aromatic rings.